The molecule has 148 valence electrons. The number of hydrogen-bond donors (Lipinski definition) is 1. The molecule has 0 radical (unpaired) electrons. The minimum atomic E-state index is -0.171. The predicted octanol–water partition coefficient (Wildman–Crippen LogP) is 3.84. The van der Waals surface area contributed by atoms with Gasteiger partial charge in [-0.15, -0.1) is 21.5 Å². The van der Waals surface area contributed by atoms with Crippen LogP contribution in [0, 0.1) is 18.3 Å². The smallest absolute Gasteiger partial charge is 0.235 e. The number of carbonyl (C=O) groups is 1. The third-order valence-corrected chi connectivity index (χ3v) is 6.43. The van der Waals surface area contributed by atoms with Crippen LogP contribution in [0.3, 0.4) is 0 Å². The Morgan fingerprint density at radius 3 is 2.72 bits per heavy atom. The maximum atomic E-state index is 12.4. The number of hydrogen-bond acceptors (Lipinski definition) is 7. The van der Waals surface area contributed by atoms with Crippen LogP contribution in [0.1, 0.15) is 24.0 Å². The summed E-state index contributed by atoms with van der Waals surface area (Å²) >= 11 is 2.68. The van der Waals surface area contributed by atoms with Crippen LogP contribution >= 0.6 is 23.1 Å². The highest BCUT2D eigenvalue weighted by Crippen LogP contribution is 2.29. The largest absolute Gasteiger partial charge is 0.341 e. The fraction of sp³-hybridized carbons (Fsp3) is 0.300. The number of aryl methyl sites for hydroxylation is 1. The lowest BCUT2D eigenvalue weighted by Crippen LogP contribution is -2.22. The van der Waals surface area contributed by atoms with Crippen molar-refractivity contribution in [3.05, 3.63) is 46.8 Å². The molecule has 1 aliphatic rings. The molecule has 7 nitrogen and oxygen atoms in total. The molecule has 0 unspecified atom stereocenters. The first-order valence-corrected chi connectivity index (χ1v) is 11.2. The quantitative estimate of drug-likeness (QED) is 0.605. The van der Waals surface area contributed by atoms with Gasteiger partial charge in [-0.2, -0.15) is 5.26 Å². The van der Waals surface area contributed by atoms with Crippen molar-refractivity contribution in [2.75, 3.05) is 29.1 Å². The number of nitrogens with one attached hydrogen (secondary N) is 1. The summed E-state index contributed by atoms with van der Waals surface area (Å²) in [5.74, 6) is 0.835. The van der Waals surface area contributed by atoms with Crippen LogP contribution in [0.15, 0.2) is 40.9 Å². The number of amides is 1. The van der Waals surface area contributed by atoms with Crippen molar-refractivity contribution < 1.29 is 4.79 Å². The number of thioether (sulfide) groups is 1. The SMILES string of the molecule is Cc1ccc(-n2c(SCC(=O)Nc3sccc3C#N)nnc2N2CCCC2)cc1. The summed E-state index contributed by atoms with van der Waals surface area (Å²) in [7, 11) is 0. The minimum absolute atomic E-state index is 0.171. The van der Waals surface area contributed by atoms with E-state index in [0.29, 0.717) is 15.7 Å². The molecular formula is C20H20N6OS2. The molecule has 9 heteroatoms. The summed E-state index contributed by atoms with van der Waals surface area (Å²) in [5, 5.41) is 23.7. The lowest BCUT2D eigenvalue weighted by molar-refractivity contribution is -0.113. The summed E-state index contributed by atoms with van der Waals surface area (Å²) in [6.07, 6.45) is 2.29. The van der Waals surface area contributed by atoms with Gasteiger partial charge in [0.25, 0.3) is 0 Å². The number of nitrogens with zero attached hydrogens (tertiary/aromatic N) is 5. The molecule has 4 rings (SSSR count). The van der Waals surface area contributed by atoms with E-state index >= 15 is 0 Å². The Morgan fingerprint density at radius 1 is 1.24 bits per heavy atom. The van der Waals surface area contributed by atoms with Gasteiger partial charge in [0.2, 0.25) is 11.9 Å². The Bertz CT molecular complexity index is 1040. The van der Waals surface area contributed by atoms with E-state index in [1.807, 2.05) is 16.7 Å². The molecule has 1 N–H and O–H groups in total. The van der Waals surface area contributed by atoms with Crippen LogP contribution in [-0.4, -0.2) is 39.5 Å². The first kappa shape index (κ1) is 19.5. The first-order valence-electron chi connectivity index (χ1n) is 9.33. The molecule has 0 aliphatic carbocycles. The van der Waals surface area contributed by atoms with E-state index in [0.717, 1.165) is 37.6 Å². The Labute approximate surface area is 177 Å². The van der Waals surface area contributed by atoms with Gasteiger partial charge >= 0.3 is 0 Å². The van der Waals surface area contributed by atoms with Crippen molar-refractivity contribution in [2.45, 2.75) is 24.9 Å². The number of benzene rings is 1. The van der Waals surface area contributed by atoms with Crippen LogP contribution in [-0.2, 0) is 4.79 Å². The highest BCUT2D eigenvalue weighted by molar-refractivity contribution is 7.99. The van der Waals surface area contributed by atoms with Crippen molar-refractivity contribution in [1.29, 1.82) is 5.26 Å². The van der Waals surface area contributed by atoms with E-state index in [4.69, 9.17) is 5.26 Å². The monoisotopic (exact) mass is 424 g/mol. The van der Waals surface area contributed by atoms with E-state index in [-0.39, 0.29) is 11.7 Å². The number of anilines is 2. The number of carbonyl (C=O) groups excluding carboxylic acids is 1. The molecule has 1 aromatic carbocycles. The minimum Gasteiger partial charge on any atom is -0.341 e. The summed E-state index contributed by atoms with van der Waals surface area (Å²) in [5.41, 5.74) is 2.64. The van der Waals surface area contributed by atoms with Gasteiger partial charge in [-0.3, -0.25) is 9.36 Å². The van der Waals surface area contributed by atoms with Gasteiger partial charge in [-0.1, -0.05) is 29.5 Å². The Balaban J connectivity index is 1.54. The number of thiophene rings is 1. The van der Waals surface area contributed by atoms with Gasteiger partial charge in [-0.05, 0) is 43.3 Å². The van der Waals surface area contributed by atoms with Crippen molar-refractivity contribution in [3.63, 3.8) is 0 Å². The highest BCUT2D eigenvalue weighted by Gasteiger charge is 2.23. The maximum Gasteiger partial charge on any atom is 0.235 e. The zero-order valence-corrected chi connectivity index (χ0v) is 17.6. The topological polar surface area (TPSA) is 86.8 Å². The van der Waals surface area contributed by atoms with Gasteiger partial charge in [0.05, 0.1) is 17.0 Å². The highest BCUT2D eigenvalue weighted by atomic mass is 32.2. The van der Waals surface area contributed by atoms with Gasteiger partial charge in [-0.25, -0.2) is 0 Å². The van der Waals surface area contributed by atoms with Crippen LogP contribution in [0.2, 0.25) is 0 Å². The molecule has 29 heavy (non-hydrogen) atoms. The summed E-state index contributed by atoms with van der Waals surface area (Å²) in [6.45, 7) is 3.98. The van der Waals surface area contributed by atoms with Crippen LogP contribution < -0.4 is 10.2 Å². The van der Waals surface area contributed by atoms with Crippen molar-refractivity contribution in [3.8, 4) is 11.8 Å². The average Bonchev–Trinajstić information content (AvgIpc) is 3.47. The van der Waals surface area contributed by atoms with Crippen LogP contribution in [0.25, 0.3) is 5.69 Å². The third kappa shape index (κ3) is 4.28. The molecule has 1 saturated heterocycles. The third-order valence-electron chi connectivity index (χ3n) is 4.67. The van der Waals surface area contributed by atoms with Crippen molar-refractivity contribution in [1.82, 2.24) is 14.8 Å². The summed E-state index contributed by atoms with van der Waals surface area (Å²) < 4.78 is 2.02. The summed E-state index contributed by atoms with van der Waals surface area (Å²) in [6, 6.07) is 12.0. The fourth-order valence-corrected chi connectivity index (χ4v) is 4.69. The number of aromatic nitrogens is 3. The van der Waals surface area contributed by atoms with Crippen LogP contribution in [0.4, 0.5) is 10.9 Å². The van der Waals surface area contributed by atoms with E-state index in [9.17, 15) is 4.79 Å². The Kier molecular flexibility index (Phi) is 5.83. The van der Waals surface area contributed by atoms with Gasteiger partial charge in [0, 0.05) is 13.1 Å². The molecule has 0 spiro atoms. The maximum absolute atomic E-state index is 12.4. The number of rotatable bonds is 6. The second-order valence-electron chi connectivity index (χ2n) is 6.76. The van der Waals surface area contributed by atoms with E-state index in [1.54, 1.807) is 11.4 Å². The molecule has 3 aromatic rings. The normalized spacial score (nSPS) is 13.4. The van der Waals surface area contributed by atoms with Gasteiger partial charge in [0.1, 0.15) is 11.1 Å². The molecule has 1 amide bonds. The molecular weight excluding hydrogens is 404 g/mol. The van der Waals surface area contributed by atoms with E-state index < -0.39 is 0 Å². The molecule has 2 aromatic heterocycles. The average molecular weight is 425 g/mol. The summed E-state index contributed by atoms with van der Waals surface area (Å²) in [4.78, 5) is 14.6. The molecule has 0 atom stereocenters. The van der Waals surface area contributed by atoms with E-state index in [2.05, 4.69) is 45.5 Å². The predicted molar refractivity (Wildman–Crippen MR) is 116 cm³/mol. The van der Waals surface area contributed by atoms with Crippen LogP contribution in [0.5, 0.6) is 0 Å². The fourth-order valence-electron chi connectivity index (χ4n) is 3.18. The Morgan fingerprint density at radius 2 is 2.00 bits per heavy atom. The first-order chi connectivity index (χ1) is 14.2. The second-order valence-corrected chi connectivity index (χ2v) is 8.62. The second kappa shape index (κ2) is 8.68. The standard InChI is InChI=1S/C20H20N6OS2/c1-14-4-6-16(7-5-14)26-19(25-9-2-3-10-25)23-24-20(26)29-13-17(27)22-18-15(12-21)8-11-28-18/h4-8,11H,2-3,9-10,13H2,1H3,(H,22,27). The zero-order valence-electron chi connectivity index (χ0n) is 16.0. The van der Waals surface area contributed by atoms with Crippen molar-refractivity contribution in [2.24, 2.45) is 0 Å². The molecule has 0 bridgehead atoms. The molecule has 0 saturated carbocycles. The Hall–Kier alpha value is -2.83. The van der Waals surface area contributed by atoms with Crippen molar-refractivity contribution >= 4 is 40.0 Å². The molecule has 3 heterocycles. The molecule has 1 aliphatic heterocycles. The van der Waals surface area contributed by atoms with Gasteiger partial charge in [0.15, 0.2) is 5.16 Å². The van der Waals surface area contributed by atoms with Gasteiger partial charge < -0.3 is 10.2 Å². The lowest BCUT2D eigenvalue weighted by atomic mass is 10.2. The zero-order chi connectivity index (χ0) is 20.2. The lowest BCUT2D eigenvalue weighted by Gasteiger charge is -2.18. The van der Waals surface area contributed by atoms with E-state index in [1.165, 1.54) is 28.7 Å². The molecule has 1 fully saturated rings. The number of nitriles is 1.